The van der Waals surface area contributed by atoms with Gasteiger partial charge in [0.25, 0.3) is 0 Å². The van der Waals surface area contributed by atoms with Crippen LogP contribution in [0.25, 0.3) is 11.3 Å². The third kappa shape index (κ3) is 0.598. The molecule has 0 amide bonds. The van der Waals surface area contributed by atoms with E-state index in [4.69, 9.17) is 4.42 Å². The zero-order valence-electron chi connectivity index (χ0n) is 4.74. The highest BCUT2D eigenvalue weighted by Gasteiger charge is 2.00. The molecule has 9 heavy (non-hydrogen) atoms. The summed E-state index contributed by atoms with van der Waals surface area (Å²) in [6, 6.07) is 3.82. The Morgan fingerprint density at radius 2 is 2.33 bits per heavy atom. The molecule has 2 nitrogen and oxygen atoms in total. The number of hydrogen-bond acceptors (Lipinski definition) is 2. The predicted octanol–water partition coefficient (Wildman–Crippen LogP) is 1.78. The first kappa shape index (κ1) is 4.56. The van der Waals surface area contributed by atoms with E-state index in [0.29, 0.717) is 0 Å². The average Bonchev–Trinajstić information content (AvgIpc) is 2.33. The van der Waals surface area contributed by atoms with Crippen LogP contribution in [0, 0.1) is 0 Å². The molecular weight excluding hydrogens is 114 g/mol. The Hall–Kier alpha value is -1.31. The normalized spacial score (nSPS) is 10.2. The van der Waals surface area contributed by atoms with E-state index >= 15 is 0 Å². The summed E-state index contributed by atoms with van der Waals surface area (Å²) in [5.41, 5.74) is 1.05. The predicted molar refractivity (Wildman–Crippen MR) is 33.1 cm³/mol. The van der Waals surface area contributed by atoms with E-state index in [9.17, 15) is 0 Å². The molecule has 0 aromatic rings. The van der Waals surface area contributed by atoms with Crippen LogP contribution in [-0.2, 0) is 0 Å². The minimum Gasteiger partial charge on any atom is -0.463 e. The molecule has 2 heterocycles. The molecular formula is C7H5NO. The molecule has 0 aromatic heterocycles. The van der Waals surface area contributed by atoms with Crippen LogP contribution in [0.5, 0.6) is 0 Å². The Morgan fingerprint density at radius 3 is 3.22 bits per heavy atom. The van der Waals surface area contributed by atoms with Gasteiger partial charge in [-0.3, -0.25) is 4.98 Å². The molecule has 2 heteroatoms. The summed E-state index contributed by atoms with van der Waals surface area (Å²) in [5, 5.41) is 0. The molecule has 0 aromatic carbocycles. The lowest BCUT2D eigenvalue weighted by Crippen LogP contribution is -1.67. The molecule has 2 aliphatic heterocycles. The fraction of sp³-hybridized carbons (Fsp3) is 0. The third-order valence-corrected chi connectivity index (χ3v) is 1.24. The van der Waals surface area contributed by atoms with E-state index in [1.165, 1.54) is 0 Å². The minimum absolute atomic E-state index is 0.845. The number of rotatable bonds is 0. The molecule has 0 spiro atoms. The van der Waals surface area contributed by atoms with Crippen LogP contribution in [0.4, 0.5) is 0 Å². The van der Waals surface area contributed by atoms with E-state index < -0.39 is 0 Å². The Morgan fingerprint density at radius 1 is 1.33 bits per heavy atom. The second kappa shape index (κ2) is 1.58. The van der Waals surface area contributed by atoms with Gasteiger partial charge in [-0.15, -0.1) is 0 Å². The summed E-state index contributed by atoms with van der Waals surface area (Å²) in [7, 11) is 0. The highest BCUT2D eigenvalue weighted by atomic mass is 16.3. The molecule has 0 N–H and O–H groups in total. The van der Waals surface area contributed by atoms with E-state index in [0.717, 1.165) is 11.3 Å². The van der Waals surface area contributed by atoms with Gasteiger partial charge in [0.05, 0.1) is 12.5 Å². The molecule has 0 saturated carbocycles. The van der Waals surface area contributed by atoms with Gasteiger partial charge in [0, 0.05) is 11.8 Å². The smallest absolute Gasteiger partial charge is 0.153 e. The highest BCUT2D eigenvalue weighted by molar-refractivity contribution is 5.55. The monoisotopic (exact) mass is 119 g/mol. The first-order valence-electron chi connectivity index (χ1n) is 2.74. The number of fused-ring (bicyclic) bond motifs is 1. The van der Waals surface area contributed by atoms with E-state index in [1.807, 2.05) is 12.1 Å². The van der Waals surface area contributed by atoms with Crippen molar-refractivity contribution < 1.29 is 4.42 Å². The maximum absolute atomic E-state index is 5.09. The van der Waals surface area contributed by atoms with Crippen molar-refractivity contribution in [2.45, 2.75) is 0 Å². The van der Waals surface area contributed by atoms with Gasteiger partial charge < -0.3 is 4.42 Å². The van der Waals surface area contributed by atoms with Gasteiger partial charge >= 0.3 is 0 Å². The van der Waals surface area contributed by atoms with Crippen molar-refractivity contribution >= 4 is 0 Å². The molecule has 0 bridgehead atoms. The first-order chi connectivity index (χ1) is 4.47. The number of nitrogens with zero attached hydrogens (tertiary/aromatic N) is 1. The van der Waals surface area contributed by atoms with Gasteiger partial charge in [0.15, 0.2) is 5.76 Å². The van der Waals surface area contributed by atoms with Crippen LogP contribution in [0.2, 0.25) is 0 Å². The molecule has 2 rings (SSSR count). The maximum Gasteiger partial charge on any atom is 0.153 e. The topological polar surface area (TPSA) is 26.0 Å². The van der Waals surface area contributed by atoms with Crippen molar-refractivity contribution in [2.24, 2.45) is 0 Å². The van der Waals surface area contributed by atoms with Gasteiger partial charge in [0.2, 0.25) is 0 Å². The van der Waals surface area contributed by atoms with Crippen LogP contribution in [0.3, 0.4) is 0 Å². The SMILES string of the molecule is c1coc2cncc-2c1. The van der Waals surface area contributed by atoms with Crippen LogP contribution in [0.1, 0.15) is 0 Å². The van der Waals surface area contributed by atoms with Crippen LogP contribution in [0.15, 0.2) is 35.2 Å². The Kier molecular flexibility index (Phi) is 0.803. The Labute approximate surface area is 52.5 Å². The first-order valence-corrected chi connectivity index (χ1v) is 2.74. The quantitative estimate of drug-likeness (QED) is 0.528. The second-order valence-electron chi connectivity index (χ2n) is 1.84. The van der Waals surface area contributed by atoms with Crippen molar-refractivity contribution in [1.29, 1.82) is 0 Å². The van der Waals surface area contributed by atoms with Crippen molar-refractivity contribution in [2.75, 3.05) is 0 Å². The standard InChI is InChI=1S/C7H5NO/c1-2-6-4-8-5-7(6)9-3-1/h1-5H. The Balaban J connectivity index is 2.79. The van der Waals surface area contributed by atoms with Gasteiger partial charge in [-0.1, -0.05) is 0 Å². The summed E-state index contributed by atoms with van der Waals surface area (Å²) >= 11 is 0. The molecule has 0 unspecified atom stereocenters. The van der Waals surface area contributed by atoms with Gasteiger partial charge in [-0.25, -0.2) is 0 Å². The van der Waals surface area contributed by atoms with Crippen molar-refractivity contribution in [3.8, 4) is 11.3 Å². The fourth-order valence-electron chi connectivity index (χ4n) is 0.803. The highest BCUT2D eigenvalue weighted by Crippen LogP contribution is 2.18. The molecule has 0 radical (unpaired) electrons. The largest absolute Gasteiger partial charge is 0.463 e. The van der Waals surface area contributed by atoms with E-state index in [-0.39, 0.29) is 0 Å². The molecule has 0 saturated heterocycles. The minimum atomic E-state index is 0.845. The summed E-state index contributed by atoms with van der Waals surface area (Å²) < 4.78 is 5.09. The van der Waals surface area contributed by atoms with Crippen LogP contribution < -0.4 is 0 Å². The van der Waals surface area contributed by atoms with Crippen molar-refractivity contribution in [3.05, 3.63) is 30.8 Å². The summed E-state index contributed by atoms with van der Waals surface area (Å²) in [6.07, 6.45) is 5.12. The van der Waals surface area contributed by atoms with Crippen molar-refractivity contribution in [1.82, 2.24) is 4.98 Å². The van der Waals surface area contributed by atoms with Crippen molar-refractivity contribution in [3.63, 3.8) is 0 Å². The number of aromatic nitrogens is 1. The second-order valence-corrected chi connectivity index (χ2v) is 1.84. The lowest BCUT2D eigenvalue weighted by molar-refractivity contribution is 0.566. The zero-order chi connectivity index (χ0) is 6.10. The zero-order valence-corrected chi connectivity index (χ0v) is 4.74. The van der Waals surface area contributed by atoms with Gasteiger partial charge in [0.1, 0.15) is 0 Å². The Bertz CT molecular complexity index is 249. The lowest BCUT2D eigenvalue weighted by atomic mass is 10.3. The third-order valence-electron chi connectivity index (χ3n) is 1.24. The van der Waals surface area contributed by atoms with E-state index in [1.54, 1.807) is 18.7 Å². The average molecular weight is 119 g/mol. The molecule has 2 aliphatic rings. The molecule has 44 valence electrons. The van der Waals surface area contributed by atoms with Gasteiger partial charge in [-0.05, 0) is 12.1 Å². The number of hydrogen-bond donors (Lipinski definition) is 0. The maximum atomic E-state index is 5.09. The summed E-state index contributed by atoms with van der Waals surface area (Å²) in [4.78, 5) is 3.91. The molecule has 0 aliphatic carbocycles. The lowest BCUT2D eigenvalue weighted by Gasteiger charge is -1.90. The fourth-order valence-corrected chi connectivity index (χ4v) is 0.803. The summed E-state index contributed by atoms with van der Waals surface area (Å²) in [6.45, 7) is 0. The van der Waals surface area contributed by atoms with Crippen LogP contribution in [-0.4, -0.2) is 4.98 Å². The molecule has 0 atom stereocenters. The molecule has 0 fully saturated rings. The van der Waals surface area contributed by atoms with E-state index in [2.05, 4.69) is 4.98 Å². The van der Waals surface area contributed by atoms with Crippen LogP contribution >= 0.6 is 0 Å². The summed E-state index contributed by atoms with van der Waals surface area (Å²) in [5.74, 6) is 0.845. The van der Waals surface area contributed by atoms with Gasteiger partial charge in [-0.2, -0.15) is 0 Å².